The molecule has 0 amide bonds. The van der Waals surface area contributed by atoms with Crippen LogP contribution < -0.4 is 9.64 Å². The number of rotatable bonds is 7. The molecule has 0 aliphatic carbocycles. The average molecular weight is 831 g/mol. The first-order valence-corrected chi connectivity index (χ1v) is 22.5. The van der Waals surface area contributed by atoms with Crippen LogP contribution in [0.2, 0.25) is 0 Å². The van der Waals surface area contributed by atoms with Crippen LogP contribution in [0, 0.1) is 0 Å². The van der Waals surface area contributed by atoms with Crippen molar-refractivity contribution >= 4 is 33.2 Å². The van der Waals surface area contributed by atoms with Gasteiger partial charge in [0, 0.05) is 44.4 Å². The number of hydrogen-bond acceptors (Lipinski definition) is 2. The lowest BCUT2D eigenvalue weighted by Gasteiger charge is -2.26. The summed E-state index contributed by atoms with van der Waals surface area (Å²) in [6, 6.07) is 88.1. The van der Waals surface area contributed by atoms with Gasteiger partial charge in [0.05, 0.1) is 16.7 Å². The molecule has 3 heteroatoms. The highest BCUT2D eigenvalue weighted by atomic mass is 16.5. The van der Waals surface area contributed by atoms with Crippen molar-refractivity contribution in [3.05, 3.63) is 254 Å². The predicted octanol–water partition coefficient (Wildman–Crippen LogP) is 16.4. The molecule has 0 spiro atoms. The van der Waals surface area contributed by atoms with Crippen LogP contribution in [-0.2, 0) is 0 Å². The molecular formula is C62H42N2O. The molecule has 1 aromatic heterocycles. The van der Waals surface area contributed by atoms with Gasteiger partial charge in [0.15, 0.2) is 6.10 Å². The predicted molar refractivity (Wildman–Crippen MR) is 269 cm³/mol. The van der Waals surface area contributed by atoms with Crippen LogP contribution in [0.4, 0.5) is 11.4 Å². The molecule has 0 bridgehead atoms. The van der Waals surface area contributed by atoms with E-state index in [2.05, 4.69) is 252 Å². The smallest absolute Gasteiger partial charge is 0.151 e. The van der Waals surface area contributed by atoms with Crippen molar-refractivity contribution in [1.82, 2.24) is 4.57 Å². The lowest BCUT2D eigenvalue weighted by Crippen LogP contribution is -2.19. The Morgan fingerprint density at radius 3 is 1.35 bits per heavy atom. The number of benzene rings is 10. The molecule has 2 atom stereocenters. The van der Waals surface area contributed by atoms with Crippen molar-refractivity contribution in [2.24, 2.45) is 0 Å². The lowest BCUT2D eigenvalue weighted by molar-refractivity contribution is 0.224. The number of ether oxygens (including phenoxy) is 1. The first-order chi connectivity index (χ1) is 32.3. The molecule has 0 radical (unpaired) electrons. The van der Waals surface area contributed by atoms with E-state index in [0.717, 1.165) is 39.3 Å². The van der Waals surface area contributed by atoms with E-state index in [9.17, 15) is 0 Å². The van der Waals surface area contributed by atoms with Crippen LogP contribution >= 0.6 is 0 Å². The second kappa shape index (κ2) is 15.1. The molecular weight excluding hydrogens is 789 g/mol. The van der Waals surface area contributed by atoms with Crippen LogP contribution in [-0.4, -0.2) is 4.57 Å². The summed E-state index contributed by atoms with van der Waals surface area (Å²) in [6.07, 6.45) is -0.127. The van der Waals surface area contributed by atoms with Gasteiger partial charge >= 0.3 is 0 Å². The second-order valence-corrected chi connectivity index (χ2v) is 17.1. The van der Waals surface area contributed by atoms with Gasteiger partial charge in [-0.2, -0.15) is 0 Å². The molecule has 3 nitrogen and oxygen atoms in total. The Hall–Kier alpha value is -8.40. The Morgan fingerprint density at radius 1 is 0.323 bits per heavy atom. The Labute approximate surface area is 378 Å². The normalized spacial score (nSPS) is 14.9. The molecule has 65 heavy (non-hydrogen) atoms. The zero-order valence-corrected chi connectivity index (χ0v) is 35.6. The third kappa shape index (κ3) is 5.97. The largest absolute Gasteiger partial charge is 0.482 e. The fourth-order valence-electron chi connectivity index (χ4n) is 10.7. The summed E-state index contributed by atoms with van der Waals surface area (Å²) in [7, 11) is 0. The topological polar surface area (TPSA) is 17.4 Å². The molecule has 0 saturated heterocycles. The van der Waals surface area contributed by atoms with Gasteiger partial charge in [0.2, 0.25) is 0 Å². The molecule has 2 unspecified atom stereocenters. The van der Waals surface area contributed by atoms with E-state index in [1.807, 2.05) is 0 Å². The Bertz CT molecular complexity index is 3450. The summed E-state index contributed by atoms with van der Waals surface area (Å²) in [4.78, 5) is 2.47. The van der Waals surface area contributed by atoms with Gasteiger partial charge in [-0.1, -0.05) is 194 Å². The van der Waals surface area contributed by atoms with Crippen molar-refractivity contribution in [1.29, 1.82) is 0 Å². The Kier molecular flexibility index (Phi) is 8.67. The number of nitrogens with zero attached hydrogens (tertiary/aromatic N) is 2. The van der Waals surface area contributed by atoms with Gasteiger partial charge < -0.3 is 14.2 Å². The monoisotopic (exact) mass is 830 g/mol. The van der Waals surface area contributed by atoms with E-state index in [1.165, 1.54) is 72.1 Å². The van der Waals surface area contributed by atoms with Crippen molar-refractivity contribution in [3.63, 3.8) is 0 Å². The maximum Gasteiger partial charge on any atom is 0.151 e. The summed E-state index contributed by atoms with van der Waals surface area (Å²) in [5, 5.41) is 2.40. The Morgan fingerprint density at radius 2 is 0.769 bits per heavy atom. The summed E-state index contributed by atoms with van der Waals surface area (Å²) in [5.74, 6) is 0.950. The zero-order chi connectivity index (χ0) is 42.8. The standard InChI is InChI=1S/C62H42N2O/c1-4-19-41(20-5-1)46-25-10-12-27-48(46)43-35-37-58-54(39-43)55-40-44(49-28-13-11-26-47(49)42-21-6-2-7-22-42)36-38-59(55)64(58)56-33-16-14-29-50(56)51-31-18-32-53-60-62(65-61(51)53)52-30-15-17-34-57(52)63(60)45-23-8-3-9-24-45/h1-40,60,62H. The average Bonchev–Trinajstić information content (AvgIpc) is 4.04. The summed E-state index contributed by atoms with van der Waals surface area (Å²) in [6.45, 7) is 0. The SMILES string of the molecule is c1ccc(-c2ccccc2-c2ccc3c(c2)c2cc(-c4ccccc4-c4ccccc4)ccc2n3-c2ccccc2-c2cccc3c2OC2c4ccccc4N(c4ccccc4)C32)cc1. The lowest BCUT2D eigenvalue weighted by atomic mass is 9.92. The van der Waals surface area contributed by atoms with E-state index >= 15 is 0 Å². The van der Waals surface area contributed by atoms with Crippen molar-refractivity contribution in [3.8, 4) is 67.1 Å². The zero-order valence-electron chi connectivity index (χ0n) is 35.6. The molecule has 0 fully saturated rings. The van der Waals surface area contributed by atoms with E-state index in [0.29, 0.717) is 0 Å². The van der Waals surface area contributed by atoms with E-state index in [-0.39, 0.29) is 12.1 Å². The van der Waals surface area contributed by atoms with Gasteiger partial charge in [0.25, 0.3) is 0 Å². The van der Waals surface area contributed by atoms with Gasteiger partial charge in [-0.05, 0) is 93.0 Å². The number of anilines is 2. The minimum absolute atomic E-state index is 0.0134. The highest BCUT2D eigenvalue weighted by Gasteiger charge is 2.48. The third-order valence-electron chi connectivity index (χ3n) is 13.6. The number of para-hydroxylation sites is 4. The van der Waals surface area contributed by atoms with Gasteiger partial charge in [-0.3, -0.25) is 0 Å². The number of fused-ring (bicyclic) bond motifs is 8. The van der Waals surface area contributed by atoms with E-state index in [4.69, 9.17) is 4.74 Å². The van der Waals surface area contributed by atoms with Gasteiger partial charge in [0.1, 0.15) is 11.8 Å². The molecule has 11 aromatic rings. The fourth-order valence-corrected chi connectivity index (χ4v) is 10.7. The second-order valence-electron chi connectivity index (χ2n) is 17.1. The summed E-state index contributed by atoms with van der Waals surface area (Å²) in [5.41, 5.74) is 20.0. The van der Waals surface area contributed by atoms with Gasteiger partial charge in [-0.25, -0.2) is 0 Å². The quantitative estimate of drug-likeness (QED) is 0.159. The van der Waals surface area contributed by atoms with Crippen LogP contribution in [0.15, 0.2) is 243 Å². The molecule has 3 heterocycles. The third-order valence-corrected chi connectivity index (χ3v) is 13.6. The minimum Gasteiger partial charge on any atom is -0.482 e. The van der Waals surface area contributed by atoms with Crippen LogP contribution in [0.3, 0.4) is 0 Å². The first kappa shape index (κ1) is 37.2. The molecule has 306 valence electrons. The Balaban J connectivity index is 1.02. The maximum atomic E-state index is 7.22. The maximum absolute atomic E-state index is 7.22. The summed E-state index contributed by atoms with van der Waals surface area (Å²) < 4.78 is 9.69. The molecule has 13 rings (SSSR count). The van der Waals surface area contributed by atoms with Crippen molar-refractivity contribution in [2.45, 2.75) is 12.1 Å². The molecule has 2 aliphatic heterocycles. The minimum atomic E-state index is -0.127. The number of hydrogen-bond donors (Lipinski definition) is 0. The highest BCUT2D eigenvalue weighted by Crippen LogP contribution is 2.60. The van der Waals surface area contributed by atoms with Crippen LogP contribution in [0.1, 0.15) is 23.3 Å². The molecule has 2 aliphatic rings. The first-order valence-electron chi connectivity index (χ1n) is 22.5. The van der Waals surface area contributed by atoms with Crippen LogP contribution in [0.5, 0.6) is 5.75 Å². The highest BCUT2D eigenvalue weighted by molar-refractivity contribution is 6.13. The van der Waals surface area contributed by atoms with Crippen molar-refractivity contribution in [2.75, 3.05) is 4.90 Å². The van der Waals surface area contributed by atoms with Gasteiger partial charge in [-0.15, -0.1) is 0 Å². The number of aromatic nitrogens is 1. The summed E-state index contributed by atoms with van der Waals surface area (Å²) >= 11 is 0. The fraction of sp³-hybridized carbons (Fsp3) is 0.0323. The van der Waals surface area contributed by atoms with Crippen molar-refractivity contribution < 1.29 is 4.74 Å². The molecule has 0 N–H and O–H groups in total. The molecule has 0 saturated carbocycles. The molecule has 10 aromatic carbocycles. The van der Waals surface area contributed by atoms with E-state index < -0.39 is 0 Å². The van der Waals surface area contributed by atoms with Crippen LogP contribution in [0.25, 0.3) is 83.1 Å². The van der Waals surface area contributed by atoms with E-state index in [1.54, 1.807) is 0 Å².